The minimum absolute atomic E-state index is 0.0312. The van der Waals surface area contributed by atoms with Crippen molar-refractivity contribution in [1.29, 1.82) is 0 Å². The van der Waals surface area contributed by atoms with Gasteiger partial charge in [0.15, 0.2) is 0 Å². The molecule has 1 atom stereocenters. The van der Waals surface area contributed by atoms with Gasteiger partial charge < -0.3 is 14.5 Å². The number of carbonyl (C=O) groups is 2. The summed E-state index contributed by atoms with van der Waals surface area (Å²) in [6.45, 7) is 3.13. The lowest BCUT2D eigenvalue weighted by Crippen LogP contribution is -2.56. The molecule has 0 unspecified atom stereocenters. The average molecular weight is 452 g/mol. The number of ether oxygens (including phenoxy) is 1. The summed E-state index contributed by atoms with van der Waals surface area (Å²) in [4.78, 5) is 38.0. The largest absolute Gasteiger partial charge is 0.481 e. The summed E-state index contributed by atoms with van der Waals surface area (Å²) in [5, 5.41) is 4.23. The maximum absolute atomic E-state index is 13.5. The Morgan fingerprint density at radius 2 is 1.97 bits per heavy atom. The number of hydrogen-bond acceptors (Lipinski definition) is 6. The number of amides is 2. The average Bonchev–Trinajstić information content (AvgIpc) is 3.34. The molecule has 9 nitrogen and oxygen atoms in total. The Balaban J connectivity index is 1.49. The second-order valence-electron chi connectivity index (χ2n) is 7.75. The van der Waals surface area contributed by atoms with E-state index >= 15 is 0 Å². The van der Waals surface area contributed by atoms with Gasteiger partial charge >= 0.3 is 0 Å². The molecule has 33 heavy (non-hydrogen) atoms. The Kier molecular flexibility index (Phi) is 6.62. The van der Waals surface area contributed by atoms with Crippen molar-refractivity contribution in [2.24, 2.45) is 0 Å². The van der Waals surface area contributed by atoms with Crippen molar-refractivity contribution in [1.82, 2.24) is 29.5 Å². The van der Waals surface area contributed by atoms with E-state index in [-0.39, 0.29) is 23.7 Å². The van der Waals surface area contributed by atoms with Crippen LogP contribution in [0.15, 0.2) is 48.8 Å². The van der Waals surface area contributed by atoms with E-state index in [0.717, 1.165) is 12.8 Å². The van der Waals surface area contributed by atoms with Crippen molar-refractivity contribution < 1.29 is 18.7 Å². The van der Waals surface area contributed by atoms with Crippen molar-refractivity contribution in [2.75, 3.05) is 26.7 Å². The Bertz CT molecular complexity index is 1150. The molecule has 0 spiro atoms. The third-order valence-corrected chi connectivity index (χ3v) is 5.56. The molecule has 10 heteroatoms. The minimum Gasteiger partial charge on any atom is -0.481 e. The summed E-state index contributed by atoms with van der Waals surface area (Å²) in [6, 6.07) is 10.8. The van der Waals surface area contributed by atoms with Crippen molar-refractivity contribution in [3.63, 3.8) is 0 Å². The van der Waals surface area contributed by atoms with Gasteiger partial charge in [-0.05, 0) is 30.7 Å². The Hall–Kier alpha value is -3.82. The maximum Gasteiger partial charge on any atom is 0.293 e. The zero-order valence-electron chi connectivity index (χ0n) is 18.5. The van der Waals surface area contributed by atoms with Crippen molar-refractivity contribution in [2.45, 2.75) is 25.8 Å². The normalized spacial score (nSPS) is 16.0. The highest BCUT2D eigenvalue weighted by Gasteiger charge is 2.34. The van der Waals surface area contributed by atoms with Crippen LogP contribution in [-0.4, -0.2) is 74.1 Å². The van der Waals surface area contributed by atoms with Gasteiger partial charge in [-0.15, -0.1) is 5.10 Å². The lowest BCUT2D eigenvalue weighted by atomic mass is 10.1. The number of halogens is 1. The van der Waals surface area contributed by atoms with Gasteiger partial charge in [0.25, 0.3) is 11.8 Å². The van der Waals surface area contributed by atoms with Crippen LogP contribution >= 0.6 is 0 Å². The quantitative estimate of drug-likeness (QED) is 0.571. The summed E-state index contributed by atoms with van der Waals surface area (Å²) in [6.07, 6.45) is 2.99. The van der Waals surface area contributed by atoms with E-state index in [4.69, 9.17) is 4.74 Å². The molecule has 3 aromatic rings. The standard InChI is InChI=1S/C23H25FN6O3/c1-3-6-18-14-28(11-12-29(18)22(31)19-9-5-10-20(26-19)33-2)23(32)21-25-15-30(27-21)17-8-4-7-16(24)13-17/h4-5,7-10,13,15,18H,3,6,11-12,14H2,1-2H3/t18-/m0/s1. The monoisotopic (exact) mass is 452 g/mol. The SMILES string of the molecule is CCC[C@H]1CN(C(=O)c2ncn(-c3cccc(F)c3)n2)CCN1C(=O)c1cccc(OC)n1. The first kappa shape index (κ1) is 22.4. The van der Waals surface area contributed by atoms with Gasteiger partial charge in [0.05, 0.1) is 12.8 Å². The molecule has 0 radical (unpaired) electrons. The number of pyridine rings is 1. The highest BCUT2D eigenvalue weighted by molar-refractivity contribution is 5.93. The van der Waals surface area contributed by atoms with E-state index < -0.39 is 5.82 Å². The third-order valence-electron chi connectivity index (χ3n) is 5.56. The smallest absolute Gasteiger partial charge is 0.293 e. The highest BCUT2D eigenvalue weighted by Crippen LogP contribution is 2.20. The van der Waals surface area contributed by atoms with Gasteiger partial charge in [-0.3, -0.25) is 9.59 Å². The van der Waals surface area contributed by atoms with Crippen LogP contribution in [0.25, 0.3) is 5.69 Å². The Labute approximate surface area is 190 Å². The van der Waals surface area contributed by atoms with E-state index in [1.807, 2.05) is 6.92 Å². The first-order valence-electron chi connectivity index (χ1n) is 10.8. The van der Waals surface area contributed by atoms with Crippen LogP contribution in [0.5, 0.6) is 5.88 Å². The summed E-state index contributed by atoms with van der Waals surface area (Å²) in [5.74, 6) is -0.499. The molecule has 1 saturated heterocycles. The molecule has 0 N–H and O–H groups in total. The zero-order chi connectivity index (χ0) is 23.4. The number of nitrogens with zero attached hydrogens (tertiary/aromatic N) is 6. The number of rotatable bonds is 6. The zero-order valence-corrected chi connectivity index (χ0v) is 18.5. The summed E-state index contributed by atoms with van der Waals surface area (Å²) in [7, 11) is 1.50. The van der Waals surface area contributed by atoms with E-state index in [9.17, 15) is 14.0 Å². The molecule has 1 aliphatic heterocycles. The van der Waals surface area contributed by atoms with E-state index in [1.54, 1.807) is 40.1 Å². The molecule has 4 rings (SSSR count). The predicted molar refractivity (Wildman–Crippen MR) is 118 cm³/mol. The van der Waals surface area contributed by atoms with Gasteiger partial charge in [-0.2, -0.15) is 0 Å². The fourth-order valence-corrected chi connectivity index (χ4v) is 3.93. The number of benzene rings is 1. The summed E-state index contributed by atoms with van der Waals surface area (Å²) < 4.78 is 20.0. The van der Waals surface area contributed by atoms with E-state index in [2.05, 4.69) is 15.1 Å². The molecule has 0 saturated carbocycles. The molecule has 2 aromatic heterocycles. The molecule has 1 aromatic carbocycles. The summed E-state index contributed by atoms with van der Waals surface area (Å²) >= 11 is 0. The van der Waals surface area contributed by atoms with Crippen molar-refractivity contribution >= 4 is 11.8 Å². The van der Waals surface area contributed by atoms with Crippen molar-refractivity contribution in [3.05, 3.63) is 66.1 Å². The predicted octanol–water partition coefficient (Wildman–Crippen LogP) is 2.58. The van der Waals surface area contributed by atoms with Crippen LogP contribution in [0, 0.1) is 5.82 Å². The minimum atomic E-state index is -0.399. The molecular weight excluding hydrogens is 427 g/mol. The van der Waals surface area contributed by atoms with Crippen LogP contribution in [0.4, 0.5) is 4.39 Å². The molecule has 1 fully saturated rings. The first-order chi connectivity index (χ1) is 16.0. The Morgan fingerprint density at radius 1 is 1.15 bits per heavy atom. The first-order valence-corrected chi connectivity index (χ1v) is 10.8. The molecular formula is C23H25FN6O3. The van der Waals surface area contributed by atoms with E-state index in [0.29, 0.717) is 36.9 Å². The van der Waals surface area contributed by atoms with Crippen LogP contribution in [0.1, 0.15) is 40.9 Å². The van der Waals surface area contributed by atoms with Gasteiger partial charge in [-0.1, -0.05) is 25.5 Å². The second-order valence-corrected chi connectivity index (χ2v) is 7.75. The number of methoxy groups -OCH3 is 1. The molecule has 172 valence electrons. The second kappa shape index (κ2) is 9.76. The van der Waals surface area contributed by atoms with Gasteiger partial charge in [0.1, 0.15) is 17.8 Å². The summed E-state index contributed by atoms with van der Waals surface area (Å²) in [5.41, 5.74) is 0.789. The van der Waals surface area contributed by atoms with Gasteiger partial charge in [0.2, 0.25) is 11.7 Å². The third kappa shape index (κ3) is 4.84. The number of carbonyl (C=O) groups excluding carboxylic acids is 2. The van der Waals surface area contributed by atoms with Crippen molar-refractivity contribution in [3.8, 4) is 11.6 Å². The molecule has 2 amide bonds. The fourth-order valence-electron chi connectivity index (χ4n) is 3.93. The Morgan fingerprint density at radius 3 is 2.73 bits per heavy atom. The number of hydrogen-bond donors (Lipinski definition) is 0. The molecule has 1 aliphatic rings. The maximum atomic E-state index is 13.5. The van der Waals surface area contributed by atoms with Crippen LogP contribution in [0.2, 0.25) is 0 Å². The molecule has 0 bridgehead atoms. The lowest BCUT2D eigenvalue weighted by molar-refractivity contribution is 0.0361. The number of aromatic nitrogens is 4. The highest BCUT2D eigenvalue weighted by atomic mass is 19.1. The molecule has 0 aliphatic carbocycles. The topological polar surface area (TPSA) is 93.5 Å². The van der Waals surface area contributed by atoms with Crippen LogP contribution in [-0.2, 0) is 0 Å². The van der Waals surface area contributed by atoms with Gasteiger partial charge in [0, 0.05) is 31.7 Å². The van der Waals surface area contributed by atoms with Crippen LogP contribution in [0.3, 0.4) is 0 Å². The fraction of sp³-hybridized carbons (Fsp3) is 0.348. The number of piperazine rings is 1. The van der Waals surface area contributed by atoms with Gasteiger partial charge in [-0.25, -0.2) is 19.0 Å². The lowest BCUT2D eigenvalue weighted by Gasteiger charge is -2.41. The van der Waals surface area contributed by atoms with Crippen LogP contribution < -0.4 is 4.74 Å². The molecule has 3 heterocycles. The van der Waals surface area contributed by atoms with E-state index in [1.165, 1.54) is 30.3 Å².